The molecule has 1 unspecified atom stereocenters. The molecule has 0 aromatic carbocycles. The topological polar surface area (TPSA) is 77.2 Å². The van der Waals surface area contributed by atoms with Gasteiger partial charge < -0.3 is 0 Å². The van der Waals surface area contributed by atoms with Crippen LogP contribution in [0.2, 0.25) is 4.44 Å². The number of carbonyl (C=O) groups excluding carboxylic acids is 3. The third-order valence-corrected chi connectivity index (χ3v) is 2.10. The van der Waals surface area contributed by atoms with E-state index < -0.39 is 0 Å². The predicted octanol–water partition coefficient (Wildman–Crippen LogP) is 1.84. The van der Waals surface area contributed by atoms with Gasteiger partial charge in [0.05, 0.1) is 0 Å². The van der Waals surface area contributed by atoms with Crippen molar-refractivity contribution in [3.8, 4) is 0 Å². The largest absolute Gasteiger partial charge is 0.220 e. The molecule has 0 amide bonds. The van der Waals surface area contributed by atoms with Crippen molar-refractivity contribution in [2.24, 2.45) is 5.73 Å². The molecule has 0 heterocycles. The van der Waals surface area contributed by atoms with Gasteiger partial charge in [-0.05, 0) is 0 Å². The van der Waals surface area contributed by atoms with Crippen LogP contribution in [-0.2, 0) is 14.4 Å². The first kappa shape index (κ1) is 25.9. The first-order valence-electron chi connectivity index (χ1n) is 4.40. The zero-order valence-corrected chi connectivity index (χ0v) is 14.7. The van der Waals surface area contributed by atoms with Crippen molar-refractivity contribution in [1.82, 2.24) is 0 Å². The number of unbranched alkanes of at least 4 members (excludes halogenated alkanes) is 1. The maximum Gasteiger partial charge on any atom is 0.202 e. The van der Waals surface area contributed by atoms with E-state index in [2.05, 4.69) is 43.6 Å². The van der Waals surface area contributed by atoms with Crippen LogP contribution >= 0.6 is 36.7 Å². The first-order valence-corrected chi connectivity index (χ1v) is 7.64. The fraction of sp³-hybridized carbons (Fsp3) is 0.667. The van der Waals surface area contributed by atoms with E-state index in [1.807, 2.05) is 0 Å². The molecule has 0 spiro atoms. The van der Waals surface area contributed by atoms with Crippen molar-refractivity contribution < 1.29 is 14.4 Å². The van der Waals surface area contributed by atoms with Gasteiger partial charge in [0, 0.05) is 36.7 Å². The van der Waals surface area contributed by atoms with Gasteiger partial charge in [-0.25, -0.2) is 14.4 Å². The van der Waals surface area contributed by atoms with Crippen molar-refractivity contribution in [3.05, 3.63) is 0 Å². The molecule has 3 radical (unpaired) electrons. The van der Waals surface area contributed by atoms with Crippen LogP contribution in [0.5, 0.6) is 0 Å². The van der Waals surface area contributed by atoms with Crippen molar-refractivity contribution in [2.75, 3.05) is 0 Å². The maximum absolute atomic E-state index is 8.50. The summed E-state index contributed by atoms with van der Waals surface area (Å²) >= 11 is 12.4. The number of thiocarbonyl (C=S) groups is 3. The van der Waals surface area contributed by atoms with Crippen molar-refractivity contribution in [3.63, 3.8) is 0 Å². The molecule has 0 saturated heterocycles. The normalized spacial score (nSPS) is 7.94. The summed E-state index contributed by atoms with van der Waals surface area (Å²) in [5, 5.41) is 3.25. The van der Waals surface area contributed by atoms with Crippen molar-refractivity contribution in [1.29, 1.82) is 0 Å². The van der Waals surface area contributed by atoms with E-state index in [1.54, 1.807) is 22.5 Å². The monoisotopic (exact) mass is 400 g/mol. The molecule has 4 nitrogen and oxygen atoms in total. The molecule has 0 rings (SSSR count). The van der Waals surface area contributed by atoms with Gasteiger partial charge in [-0.3, -0.25) is 0 Å². The summed E-state index contributed by atoms with van der Waals surface area (Å²) in [5.74, 6) is 0. The van der Waals surface area contributed by atoms with Gasteiger partial charge in [-0.15, -0.1) is 0 Å². The van der Waals surface area contributed by atoms with E-state index in [-0.39, 0.29) is 0 Å². The molecule has 0 saturated carbocycles. The summed E-state index contributed by atoms with van der Waals surface area (Å²) in [7, 11) is 0. The molecule has 95 valence electrons. The third-order valence-electron chi connectivity index (χ3n) is 1.09. The SMILES string of the molecule is CC(N)CCC[CH2][Sn].O=C=S.O=C=S.O=C=S. The number of hydrogen-bond acceptors (Lipinski definition) is 7. The van der Waals surface area contributed by atoms with Crippen LogP contribution in [0.15, 0.2) is 0 Å². The summed E-state index contributed by atoms with van der Waals surface area (Å²) in [6, 6.07) is 0.414. The summed E-state index contributed by atoms with van der Waals surface area (Å²) in [6.07, 6.45) is 3.90. The molecule has 8 heteroatoms. The summed E-state index contributed by atoms with van der Waals surface area (Å²) < 4.78 is 1.39. The molecular weight excluding hydrogens is 385 g/mol. The molecule has 1 atom stereocenters. The minimum Gasteiger partial charge on any atom is -0.220 e. The van der Waals surface area contributed by atoms with E-state index in [1.165, 1.54) is 23.7 Å². The molecule has 17 heavy (non-hydrogen) atoms. The van der Waals surface area contributed by atoms with Gasteiger partial charge in [0.15, 0.2) is 0 Å². The molecule has 0 aliphatic rings. The molecule has 0 bridgehead atoms. The van der Waals surface area contributed by atoms with Gasteiger partial charge in [-0.2, -0.15) is 0 Å². The Bertz CT molecular complexity index is 203. The van der Waals surface area contributed by atoms with Gasteiger partial charge in [0.2, 0.25) is 15.7 Å². The zero-order valence-electron chi connectivity index (χ0n) is 9.43. The Balaban J connectivity index is -0.0000000784. The quantitative estimate of drug-likeness (QED) is 0.439. The van der Waals surface area contributed by atoms with Crippen LogP contribution in [0.4, 0.5) is 0 Å². The molecule has 0 aliphatic heterocycles. The van der Waals surface area contributed by atoms with Crippen LogP contribution in [0, 0.1) is 0 Å². The molecule has 0 aromatic rings. The Morgan fingerprint density at radius 3 is 1.53 bits per heavy atom. The van der Waals surface area contributed by atoms with Crippen LogP contribution in [0.25, 0.3) is 0 Å². The second kappa shape index (κ2) is 36.0. The third kappa shape index (κ3) is 122. The Morgan fingerprint density at radius 1 is 1.06 bits per heavy atom. The average molecular weight is 399 g/mol. The maximum atomic E-state index is 8.50. The summed E-state index contributed by atoms with van der Waals surface area (Å²) in [5.41, 5.74) is 5.54. The van der Waals surface area contributed by atoms with Crippen molar-refractivity contribution in [2.45, 2.75) is 36.7 Å². The fourth-order valence-corrected chi connectivity index (χ4v) is 1.30. The molecule has 2 N–H and O–H groups in total. The Kier molecular flexibility index (Phi) is 54.8. The van der Waals surface area contributed by atoms with E-state index in [0.29, 0.717) is 6.04 Å². The minimum atomic E-state index is 0.414. The molecule has 0 fully saturated rings. The Morgan fingerprint density at radius 2 is 1.35 bits per heavy atom. The van der Waals surface area contributed by atoms with Gasteiger partial charge in [-0.1, -0.05) is 0 Å². The second-order valence-electron chi connectivity index (χ2n) is 2.47. The number of hydrogen-bond donors (Lipinski definition) is 1. The standard InChI is InChI=1S/C6H14N.3COS.Sn/c1-3-4-5-6(2)7;3*2-1-3;/h6H,1,3-5,7H2,2H3;;;;. The summed E-state index contributed by atoms with van der Waals surface area (Å²) in [4.78, 5) is 25.5. The van der Waals surface area contributed by atoms with E-state index in [4.69, 9.17) is 20.1 Å². The van der Waals surface area contributed by atoms with E-state index in [0.717, 1.165) is 15.7 Å². The van der Waals surface area contributed by atoms with E-state index in [9.17, 15) is 0 Å². The fourth-order valence-electron chi connectivity index (χ4n) is 0.591. The zero-order chi connectivity index (χ0) is 14.5. The van der Waals surface area contributed by atoms with Crippen LogP contribution in [-0.4, -0.2) is 44.3 Å². The van der Waals surface area contributed by atoms with E-state index >= 15 is 0 Å². The van der Waals surface area contributed by atoms with Gasteiger partial charge >= 0.3 is 64.9 Å². The first-order chi connectivity index (χ1) is 8.01. The Hall–Kier alpha value is 0.159. The number of nitrogens with two attached hydrogens (primary N) is 1. The van der Waals surface area contributed by atoms with Gasteiger partial charge in [0.1, 0.15) is 0 Å². The van der Waals surface area contributed by atoms with Crippen LogP contribution in [0.1, 0.15) is 26.2 Å². The van der Waals surface area contributed by atoms with Crippen molar-refractivity contribution >= 4 is 74.9 Å². The molecule has 0 aromatic heterocycles. The number of rotatable bonds is 4. The average Bonchev–Trinajstić information content (AvgIpc) is 2.21. The molecule has 0 aliphatic carbocycles. The van der Waals surface area contributed by atoms with Crippen LogP contribution in [0.3, 0.4) is 0 Å². The van der Waals surface area contributed by atoms with Gasteiger partial charge in [0.25, 0.3) is 0 Å². The smallest absolute Gasteiger partial charge is 0.202 e. The summed E-state index contributed by atoms with van der Waals surface area (Å²) in [6.45, 7) is 2.07. The second-order valence-corrected chi connectivity index (χ2v) is 4.40. The minimum absolute atomic E-state index is 0.414. The predicted molar refractivity (Wildman–Crippen MR) is 77.9 cm³/mol. The Labute approximate surface area is 131 Å². The molecular formula is C9H14NO3S3Sn. The van der Waals surface area contributed by atoms with Crippen LogP contribution < -0.4 is 5.73 Å².